The number of aryl methyl sites for hydroxylation is 1. The second kappa shape index (κ2) is 4.85. The van der Waals surface area contributed by atoms with Gasteiger partial charge in [-0.15, -0.1) is 4.68 Å². The average Bonchev–Trinajstić information content (AvgIpc) is 2.49. The fraction of sp³-hybridized carbons (Fsp3) is 0.0769. The molecule has 3 aromatic heterocycles. The van der Waals surface area contributed by atoms with Crippen molar-refractivity contribution in [1.82, 2.24) is 25.3 Å². The standard InChI is InChI=1S/C13H11N6/c1-19-13(11-7-3-5-9-15-11)17-16-12(18-19)10-6-2-4-8-14-10/h2-9H,1H3/q+1. The molecule has 19 heavy (non-hydrogen) atoms. The van der Waals surface area contributed by atoms with Crippen LogP contribution < -0.4 is 4.68 Å². The third-order valence-electron chi connectivity index (χ3n) is 2.58. The summed E-state index contributed by atoms with van der Waals surface area (Å²) < 4.78 is 1.65. The van der Waals surface area contributed by atoms with Crippen molar-refractivity contribution in [2.24, 2.45) is 7.05 Å². The van der Waals surface area contributed by atoms with Crippen LogP contribution in [0.5, 0.6) is 0 Å². The van der Waals surface area contributed by atoms with Gasteiger partial charge in [-0.1, -0.05) is 17.2 Å². The Labute approximate surface area is 109 Å². The van der Waals surface area contributed by atoms with E-state index in [1.807, 2.05) is 43.4 Å². The van der Waals surface area contributed by atoms with Gasteiger partial charge >= 0.3 is 5.82 Å². The van der Waals surface area contributed by atoms with Gasteiger partial charge in [-0.25, -0.2) is 4.98 Å². The highest BCUT2D eigenvalue weighted by atomic mass is 15.4. The summed E-state index contributed by atoms with van der Waals surface area (Å²) in [5.41, 5.74) is 1.43. The maximum absolute atomic E-state index is 4.36. The Hall–Kier alpha value is -2.76. The molecule has 0 saturated heterocycles. The van der Waals surface area contributed by atoms with Gasteiger partial charge in [0.2, 0.25) is 0 Å². The number of rotatable bonds is 2. The first kappa shape index (κ1) is 11.3. The van der Waals surface area contributed by atoms with Crippen LogP contribution in [0.25, 0.3) is 23.0 Å². The minimum atomic E-state index is 0.489. The smallest absolute Gasteiger partial charge is 0.253 e. The first-order valence-corrected chi connectivity index (χ1v) is 5.78. The molecule has 0 aliphatic rings. The van der Waals surface area contributed by atoms with Crippen LogP contribution in [0.1, 0.15) is 0 Å². The van der Waals surface area contributed by atoms with Crippen molar-refractivity contribution < 1.29 is 4.68 Å². The van der Waals surface area contributed by atoms with E-state index in [2.05, 4.69) is 25.3 Å². The number of pyridine rings is 2. The highest BCUT2D eigenvalue weighted by molar-refractivity contribution is 5.48. The monoisotopic (exact) mass is 251 g/mol. The summed E-state index contributed by atoms with van der Waals surface area (Å²) in [6.45, 7) is 0. The number of nitrogens with zero attached hydrogens (tertiary/aromatic N) is 6. The van der Waals surface area contributed by atoms with E-state index in [0.717, 1.165) is 5.69 Å². The van der Waals surface area contributed by atoms with Crippen LogP contribution in [-0.4, -0.2) is 25.3 Å². The Bertz CT molecular complexity index is 684. The van der Waals surface area contributed by atoms with Crippen molar-refractivity contribution in [3.05, 3.63) is 48.8 Å². The molecule has 0 amide bonds. The molecule has 6 nitrogen and oxygen atoms in total. The highest BCUT2D eigenvalue weighted by Gasteiger charge is 2.18. The van der Waals surface area contributed by atoms with E-state index in [-0.39, 0.29) is 0 Å². The maximum atomic E-state index is 4.36. The zero-order valence-corrected chi connectivity index (χ0v) is 10.3. The molecule has 3 rings (SSSR count). The lowest BCUT2D eigenvalue weighted by molar-refractivity contribution is -0.722. The van der Waals surface area contributed by atoms with E-state index in [9.17, 15) is 0 Å². The summed E-state index contributed by atoms with van der Waals surface area (Å²) in [4.78, 5) is 8.43. The molecular formula is C13H11N6+. The lowest BCUT2D eigenvalue weighted by atomic mass is 10.3. The molecular weight excluding hydrogens is 240 g/mol. The molecule has 0 radical (unpaired) electrons. The van der Waals surface area contributed by atoms with E-state index >= 15 is 0 Å². The maximum Gasteiger partial charge on any atom is 0.396 e. The van der Waals surface area contributed by atoms with Gasteiger partial charge in [-0.05, 0) is 29.4 Å². The third kappa shape index (κ3) is 2.28. The molecule has 3 aromatic rings. The minimum absolute atomic E-state index is 0.489. The summed E-state index contributed by atoms with van der Waals surface area (Å²) in [7, 11) is 1.81. The molecule has 0 atom stereocenters. The molecule has 0 unspecified atom stereocenters. The average molecular weight is 251 g/mol. The first-order valence-electron chi connectivity index (χ1n) is 5.78. The molecule has 0 spiro atoms. The normalized spacial score (nSPS) is 10.4. The number of hydrogen-bond donors (Lipinski definition) is 0. The summed E-state index contributed by atoms with van der Waals surface area (Å²) in [5.74, 6) is 1.10. The zero-order valence-electron chi connectivity index (χ0n) is 10.3. The van der Waals surface area contributed by atoms with Crippen molar-refractivity contribution in [1.29, 1.82) is 0 Å². The Morgan fingerprint density at radius 3 is 2.11 bits per heavy atom. The van der Waals surface area contributed by atoms with Crippen LogP contribution in [0.2, 0.25) is 0 Å². The van der Waals surface area contributed by atoms with Gasteiger partial charge in [-0.2, -0.15) is 0 Å². The fourth-order valence-electron chi connectivity index (χ4n) is 1.68. The van der Waals surface area contributed by atoms with Crippen molar-refractivity contribution in [3.63, 3.8) is 0 Å². The predicted octanol–water partition coefficient (Wildman–Crippen LogP) is 0.820. The molecule has 0 aliphatic heterocycles. The molecule has 0 N–H and O–H groups in total. The summed E-state index contributed by atoms with van der Waals surface area (Å²) in [6.07, 6.45) is 3.41. The topological polar surface area (TPSA) is 68.3 Å². The lowest BCUT2D eigenvalue weighted by Gasteiger charge is -1.98. The number of hydrogen-bond acceptors (Lipinski definition) is 5. The summed E-state index contributed by atoms with van der Waals surface area (Å²) in [6, 6.07) is 11.2. The van der Waals surface area contributed by atoms with E-state index in [4.69, 9.17) is 0 Å². The second-order valence-electron chi connectivity index (χ2n) is 3.90. The quantitative estimate of drug-likeness (QED) is 0.631. The van der Waals surface area contributed by atoms with Gasteiger partial charge in [0.1, 0.15) is 12.7 Å². The fourth-order valence-corrected chi connectivity index (χ4v) is 1.68. The Morgan fingerprint density at radius 1 is 0.842 bits per heavy atom. The zero-order chi connectivity index (χ0) is 13.1. The SMILES string of the molecule is C[n+]1nc(-c2ccccn2)nnc1-c1ccccn1. The summed E-state index contributed by atoms with van der Waals surface area (Å²) >= 11 is 0. The van der Waals surface area contributed by atoms with Crippen LogP contribution >= 0.6 is 0 Å². The van der Waals surface area contributed by atoms with Gasteiger partial charge in [0.15, 0.2) is 5.69 Å². The first-order chi connectivity index (χ1) is 9.34. The molecule has 0 aliphatic carbocycles. The van der Waals surface area contributed by atoms with Gasteiger partial charge in [-0.3, -0.25) is 4.98 Å². The van der Waals surface area contributed by atoms with Gasteiger partial charge < -0.3 is 0 Å². The van der Waals surface area contributed by atoms with E-state index in [0.29, 0.717) is 17.3 Å². The molecule has 0 saturated carbocycles. The van der Waals surface area contributed by atoms with Crippen LogP contribution in [0.4, 0.5) is 0 Å². The molecule has 0 aromatic carbocycles. The molecule has 0 fully saturated rings. The van der Waals surface area contributed by atoms with Crippen molar-refractivity contribution in [3.8, 4) is 23.0 Å². The summed E-state index contributed by atoms with van der Waals surface area (Å²) in [5, 5.41) is 12.6. The highest BCUT2D eigenvalue weighted by Crippen LogP contribution is 2.10. The Balaban J connectivity index is 2.04. The predicted molar refractivity (Wildman–Crippen MR) is 67.5 cm³/mol. The number of aromatic nitrogens is 6. The molecule has 3 heterocycles. The van der Waals surface area contributed by atoms with Gasteiger partial charge in [0, 0.05) is 12.4 Å². The van der Waals surface area contributed by atoms with Crippen molar-refractivity contribution >= 4 is 0 Å². The lowest BCUT2D eigenvalue weighted by Crippen LogP contribution is -2.38. The van der Waals surface area contributed by atoms with Crippen LogP contribution in [0.3, 0.4) is 0 Å². The second-order valence-corrected chi connectivity index (χ2v) is 3.90. The van der Waals surface area contributed by atoms with E-state index in [1.165, 1.54) is 0 Å². The molecule has 6 heteroatoms. The van der Waals surface area contributed by atoms with E-state index < -0.39 is 0 Å². The van der Waals surface area contributed by atoms with Crippen LogP contribution in [0, 0.1) is 0 Å². The van der Waals surface area contributed by atoms with E-state index in [1.54, 1.807) is 17.1 Å². The molecule has 0 bridgehead atoms. The Kier molecular flexibility index (Phi) is 2.89. The Morgan fingerprint density at radius 2 is 1.53 bits per heavy atom. The van der Waals surface area contributed by atoms with Crippen molar-refractivity contribution in [2.45, 2.75) is 0 Å². The largest absolute Gasteiger partial charge is 0.396 e. The van der Waals surface area contributed by atoms with Crippen LogP contribution in [-0.2, 0) is 7.05 Å². The van der Waals surface area contributed by atoms with Gasteiger partial charge in [0.25, 0.3) is 5.82 Å². The third-order valence-corrected chi connectivity index (χ3v) is 2.58. The van der Waals surface area contributed by atoms with Gasteiger partial charge in [0.05, 0.1) is 5.10 Å². The van der Waals surface area contributed by atoms with Crippen molar-refractivity contribution in [2.75, 3.05) is 0 Å². The van der Waals surface area contributed by atoms with Crippen LogP contribution in [0.15, 0.2) is 48.8 Å². The minimum Gasteiger partial charge on any atom is -0.253 e. The molecule has 92 valence electrons.